The molecule has 2 N–H and O–H groups in total. The first-order valence-corrected chi connectivity index (χ1v) is 9.27. The van der Waals surface area contributed by atoms with Gasteiger partial charge in [-0.25, -0.2) is 4.98 Å². The second kappa shape index (κ2) is 7.65. The molecule has 0 aliphatic carbocycles. The number of hydrogen-bond acceptors (Lipinski definition) is 5. The molecule has 0 fully saturated rings. The van der Waals surface area contributed by atoms with E-state index in [4.69, 9.17) is 0 Å². The van der Waals surface area contributed by atoms with Crippen LogP contribution in [0.15, 0.2) is 24.3 Å². The highest BCUT2D eigenvalue weighted by molar-refractivity contribution is 7.22. The van der Waals surface area contributed by atoms with Crippen LogP contribution in [0, 0.1) is 13.8 Å². The van der Waals surface area contributed by atoms with Gasteiger partial charge in [0.2, 0.25) is 11.8 Å². The van der Waals surface area contributed by atoms with E-state index in [-0.39, 0.29) is 11.8 Å². The number of aromatic nitrogens is 3. The summed E-state index contributed by atoms with van der Waals surface area (Å²) < 4.78 is 2.79. The van der Waals surface area contributed by atoms with E-state index in [0.29, 0.717) is 30.2 Å². The number of carbonyl (C=O) groups excluding carboxylic acids is 2. The van der Waals surface area contributed by atoms with Crippen LogP contribution >= 0.6 is 11.3 Å². The van der Waals surface area contributed by atoms with Gasteiger partial charge in [0.05, 0.1) is 15.9 Å². The fraction of sp³-hybridized carbons (Fsp3) is 0.333. The molecule has 0 atom stereocenters. The molecule has 0 spiro atoms. The van der Waals surface area contributed by atoms with Gasteiger partial charge in [0, 0.05) is 30.8 Å². The quantitative estimate of drug-likeness (QED) is 0.694. The topological polar surface area (TPSA) is 88.9 Å². The van der Waals surface area contributed by atoms with Gasteiger partial charge in [-0.1, -0.05) is 18.3 Å². The number of nitrogens with one attached hydrogen (secondary N) is 2. The lowest BCUT2D eigenvalue weighted by atomic mass is 10.3. The van der Waals surface area contributed by atoms with E-state index < -0.39 is 0 Å². The molecule has 0 bridgehead atoms. The fourth-order valence-corrected chi connectivity index (χ4v) is 3.46. The molecule has 0 aliphatic rings. The number of amides is 2. The fourth-order valence-electron chi connectivity index (χ4n) is 2.60. The molecule has 0 unspecified atom stereocenters. The highest BCUT2D eigenvalue weighted by Gasteiger charge is 2.09. The van der Waals surface area contributed by atoms with Crippen LogP contribution < -0.4 is 10.6 Å². The van der Waals surface area contributed by atoms with Crippen LogP contribution in [-0.4, -0.2) is 26.6 Å². The Morgan fingerprint density at radius 3 is 2.65 bits per heavy atom. The summed E-state index contributed by atoms with van der Waals surface area (Å²) in [5, 5.41) is 10.6. The Morgan fingerprint density at radius 2 is 1.96 bits per heavy atom. The minimum Gasteiger partial charge on any atom is -0.326 e. The van der Waals surface area contributed by atoms with Crippen molar-refractivity contribution in [2.24, 2.45) is 0 Å². The predicted molar refractivity (Wildman–Crippen MR) is 103 cm³/mol. The monoisotopic (exact) mass is 371 g/mol. The third-order valence-electron chi connectivity index (χ3n) is 3.89. The number of carbonyl (C=O) groups is 2. The van der Waals surface area contributed by atoms with Gasteiger partial charge >= 0.3 is 0 Å². The van der Waals surface area contributed by atoms with Crippen LogP contribution in [0.2, 0.25) is 0 Å². The average Bonchev–Trinajstić information content (AvgIpc) is 3.14. The second-order valence-corrected chi connectivity index (χ2v) is 7.08. The molecule has 2 aromatic heterocycles. The number of fused-ring (bicyclic) bond motifs is 1. The summed E-state index contributed by atoms with van der Waals surface area (Å²) in [5.74, 6) is -0.145. The normalized spacial score (nSPS) is 10.9. The molecule has 0 saturated heterocycles. The van der Waals surface area contributed by atoms with Gasteiger partial charge in [-0.2, -0.15) is 5.10 Å². The maximum absolute atomic E-state index is 12.2. The number of thiazole rings is 1. The molecule has 0 aliphatic heterocycles. The maximum atomic E-state index is 12.2. The van der Waals surface area contributed by atoms with Crippen LogP contribution in [0.3, 0.4) is 0 Å². The van der Waals surface area contributed by atoms with E-state index in [2.05, 4.69) is 20.7 Å². The van der Waals surface area contributed by atoms with Crippen molar-refractivity contribution in [3.63, 3.8) is 0 Å². The van der Waals surface area contributed by atoms with Crippen LogP contribution in [0.5, 0.6) is 0 Å². The summed E-state index contributed by atoms with van der Waals surface area (Å²) in [6.07, 6.45) is 0.751. The predicted octanol–water partition coefficient (Wildman–Crippen LogP) is 3.49. The molecule has 2 heterocycles. The lowest BCUT2D eigenvalue weighted by Crippen LogP contribution is -2.15. The van der Waals surface area contributed by atoms with Crippen molar-refractivity contribution in [3.8, 4) is 0 Å². The van der Waals surface area contributed by atoms with Gasteiger partial charge in [-0.3, -0.25) is 14.3 Å². The van der Waals surface area contributed by atoms with Gasteiger partial charge in [0.15, 0.2) is 5.13 Å². The van der Waals surface area contributed by atoms with E-state index in [1.165, 1.54) is 11.3 Å². The first kappa shape index (κ1) is 18.1. The molecule has 0 saturated carbocycles. The zero-order valence-corrected chi connectivity index (χ0v) is 15.8. The van der Waals surface area contributed by atoms with E-state index in [1.54, 1.807) is 6.92 Å². The van der Waals surface area contributed by atoms with Gasteiger partial charge in [-0.15, -0.1) is 0 Å². The van der Waals surface area contributed by atoms with Gasteiger partial charge in [0.25, 0.3) is 0 Å². The first-order chi connectivity index (χ1) is 12.4. The van der Waals surface area contributed by atoms with Crippen molar-refractivity contribution in [1.29, 1.82) is 0 Å². The highest BCUT2D eigenvalue weighted by atomic mass is 32.1. The summed E-state index contributed by atoms with van der Waals surface area (Å²) in [4.78, 5) is 28.1. The molecule has 0 radical (unpaired) electrons. The third kappa shape index (κ3) is 4.26. The lowest BCUT2D eigenvalue weighted by Gasteiger charge is -2.06. The minimum absolute atomic E-state index is 0.0678. The Balaban J connectivity index is 1.63. The van der Waals surface area contributed by atoms with Crippen molar-refractivity contribution in [1.82, 2.24) is 14.8 Å². The molecule has 2 amide bonds. The molecule has 136 valence electrons. The van der Waals surface area contributed by atoms with Crippen LogP contribution in [0.4, 0.5) is 10.8 Å². The molecule has 3 aromatic rings. The molecule has 26 heavy (non-hydrogen) atoms. The minimum atomic E-state index is -0.0772. The molecule has 1 aromatic carbocycles. The number of aryl methyl sites for hydroxylation is 3. The largest absolute Gasteiger partial charge is 0.326 e. The van der Waals surface area contributed by atoms with Crippen LogP contribution in [-0.2, 0) is 16.1 Å². The smallest absolute Gasteiger partial charge is 0.226 e. The number of anilines is 2. The molecule has 3 rings (SSSR count). The van der Waals surface area contributed by atoms with Gasteiger partial charge in [0.1, 0.15) is 0 Å². The van der Waals surface area contributed by atoms with Crippen molar-refractivity contribution in [3.05, 3.63) is 35.7 Å². The third-order valence-corrected chi connectivity index (χ3v) is 4.84. The summed E-state index contributed by atoms with van der Waals surface area (Å²) in [7, 11) is 0. The van der Waals surface area contributed by atoms with E-state index >= 15 is 0 Å². The molecular weight excluding hydrogens is 350 g/mol. The lowest BCUT2D eigenvalue weighted by molar-refractivity contribution is -0.117. The Bertz CT molecular complexity index is 960. The summed E-state index contributed by atoms with van der Waals surface area (Å²) >= 11 is 1.41. The zero-order valence-electron chi connectivity index (χ0n) is 15.0. The number of benzene rings is 1. The molecule has 7 nitrogen and oxygen atoms in total. The molecular formula is C18H21N5O2S. The molecule has 8 heteroatoms. The zero-order chi connectivity index (χ0) is 18.7. The average molecular weight is 371 g/mol. The Morgan fingerprint density at radius 1 is 1.15 bits per heavy atom. The van der Waals surface area contributed by atoms with Crippen molar-refractivity contribution < 1.29 is 9.59 Å². The number of nitrogens with zero attached hydrogens (tertiary/aromatic N) is 3. The standard InChI is InChI=1S/C18H21N5O2S/c1-4-16(24)21-18-20-14-10-13(5-6-15(14)26-18)19-17(25)7-8-23-12(3)9-11(2)22-23/h5-6,9-10H,4,7-8H2,1-3H3,(H,19,25)(H,20,21,24). The number of rotatable bonds is 6. The number of hydrogen-bond donors (Lipinski definition) is 2. The Kier molecular flexibility index (Phi) is 5.32. The summed E-state index contributed by atoms with van der Waals surface area (Å²) in [5.41, 5.74) is 3.43. The van der Waals surface area contributed by atoms with Crippen LogP contribution in [0.25, 0.3) is 10.2 Å². The van der Waals surface area contributed by atoms with Gasteiger partial charge in [-0.05, 0) is 38.1 Å². The first-order valence-electron chi connectivity index (χ1n) is 8.46. The summed E-state index contributed by atoms with van der Waals surface area (Å²) in [6, 6.07) is 7.54. The maximum Gasteiger partial charge on any atom is 0.226 e. The Hall–Kier alpha value is -2.74. The van der Waals surface area contributed by atoms with Crippen LogP contribution in [0.1, 0.15) is 31.2 Å². The highest BCUT2D eigenvalue weighted by Crippen LogP contribution is 2.28. The SMILES string of the molecule is CCC(=O)Nc1nc2cc(NC(=O)CCn3nc(C)cc3C)ccc2s1. The van der Waals surface area contributed by atoms with E-state index in [1.807, 2.05) is 42.8 Å². The van der Waals surface area contributed by atoms with Gasteiger partial charge < -0.3 is 10.6 Å². The van der Waals surface area contributed by atoms with Crippen molar-refractivity contribution in [2.75, 3.05) is 10.6 Å². The van der Waals surface area contributed by atoms with Crippen molar-refractivity contribution in [2.45, 2.75) is 40.2 Å². The van der Waals surface area contributed by atoms with E-state index in [0.717, 1.165) is 21.6 Å². The second-order valence-electron chi connectivity index (χ2n) is 6.05. The summed E-state index contributed by atoms with van der Waals surface area (Å²) in [6.45, 7) is 6.24. The Labute approximate surface area is 155 Å². The van der Waals surface area contributed by atoms with Crippen molar-refractivity contribution >= 4 is 44.2 Å². The van der Waals surface area contributed by atoms with E-state index in [9.17, 15) is 9.59 Å².